The van der Waals surface area contributed by atoms with Crippen LogP contribution in [0.4, 0.5) is 0 Å². The Morgan fingerprint density at radius 2 is 1.35 bits per heavy atom. The SMILES string of the molecule is C=C(C)C(C)=C(C)C(C)(CC(CC)=C(CC)CCC)C(=C)CC. The second-order valence-electron chi connectivity index (χ2n) is 7.16. The molecule has 0 aliphatic rings. The summed E-state index contributed by atoms with van der Waals surface area (Å²) in [6.45, 7) is 26.7. The Bertz CT molecular complexity index is 484. The van der Waals surface area contributed by atoms with Gasteiger partial charge in [0.2, 0.25) is 0 Å². The summed E-state index contributed by atoms with van der Waals surface area (Å²) in [6, 6.07) is 0. The summed E-state index contributed by atoms with van der Waals surface area (Å²) in [5, 5.41) is 0. The minimum Gasteiger partial charge on any atom is -0.0990 e. The summed E-state index contributed by atoms with van der Waals surface area (Å²) in [5.41, 5.74) is 8.63. The van der Waals surface area contributed by atoms with E-state index in [1.165, 1.54) is 41.6 Å². The highest BCUT2D eigenvalue weighted by atomic mass is 14.4. The molecule has 0 bridgehead atoms. The van der Waals surface area contributed by atoms with Crippen LogP contribution in [0.2, 0.25) is 0 Å². The fourth-order valence-corrected chi connectivity index (χ4v) is 3.48. The van der Waals surface area contributed by atoms with Crippen molar-refractivity contribution in [2.45, 2.75) is 93.9 Å². The van der Waals surface area contributed by atoms with Crippen LogP contribution >= 0.6 is 0 Å². The first-order valence-corrected chi connectivity index (χ1v) is 9.41. The Hall–Kier alpha value is -1.04. The molecule has 0 radical (unpaired) electrons. The number of hydrogen-bond donors (Lipinski definition) is 0. The van der Waals surface area contributed by atoms with E-state index in [1.54, 1.807) is 11.1 Å². The normalized spacial score (nSPS) is 16.3. The fourth-order valence-electron chi connectivity index (χ4n) is 3.48. The molecule has 0 aromatic rings. The van der Waals surface area contributed by atoms with Gasteiger partial charge in [0, 0.05) is 5.41 Å². The van der Waals surface area contributed by atoms with E-state index in [0.717, 1.165) is 19.3 Å². The zero-order valence-corrected chi connectivity index (χ0v) is 17.2. The highest BCUT2D eigenvalue weighted by molar-refractivity contribution is 5.39. The maximum absolute atomic E-state index is 4.44. The molecule has 0 nitrogen and oxygen atoms in total. The first kappa shape index (κ1) is 22.0. The molecule has 0 aromatic carbocycles. The smallest absolute Gasteiger partial charge is 0.0130 e. The van der Waals surface area contributed by atoms with Crippen LogP contribution in [0.15, 0.2) is 46.6 Å². The van der Waals surface area contributed by atoms with Crippen LogP contribution in [0, 0.1) is 5.41 Å². The van der Waals surface area contributed by atoms with Gasteiger partial charge in [-0.25, -0.2) is 0 Å². The second kappa shape index (κ2) is 9.96. The summed E-state index contributed by atoms with van der Waals surface area (Å²) in [6.07, 6.45) is 6.93. The van der Waals surface area contributed by atoms with Crippen LogP contribution in [0.1, 0.15) is 93.9 Å². The second-order valence-corrected chi connectivity index (χ2v) is 7.16. The predicted molar refractivity (Wildman–Crippen MR) is 108 cm³/mol. The van der Waals surface area contributed by atoms with Crippen molar-refractivity contribution in [1.82, 2.24) is 0 Å². The largest absolute Gasteiger partial charge is 0.0990 e. The van der Waals surface area contributed by atoms with E-state index in [4.69, 9.17) is 0 Å². The molecule has 1 atom stereocenters. The van der Waals surface area contributed by atoms with E-state index < -0.39 is 0 Å². The third kappa shape index (κ3) is 5.52. The molecule has 0 saturated heterocycles. The standard InChI is InChI=1S/C23H40/c1-11-15-21(13-3)22(14-4)16-23(10,18(7)12-2)20(9)19(8)17(5)6/h5,7,11-16H2,1-4,6,8-10H3. The van der Waals surface area contributed by atoms with Crippen molar-refractivity contribution in [3.63, 3.8) is 0 Å². The van der Waals surface area contributed by atoms with Crippen molar-refractivity contribution in [3.8, 4) is 0 Å². The van der Waals surface area contributed by atoms with Crippen molar-refractivity contribution in [1.29, 1.82) is 0 Å². The molecule has 0 heterocycles. The Morgan fingerprint density at radius 3 is 1.70 bits per heavy atom. The van der Waals surface area contributed by atoms with E-state index in [-0.39, 0.29) is 5.41 Å². The molecule has 132 valence electrons. The summed E-state index contributed by atoms with van der Waals surface area (Å²) in [7, 11) is 0. The van der Waals surface area contributed by atoms with Crippen LogP contribution in [0.3, 0.4) is 0 Å². The van der Waals surface area contributed by atoms with Gasteiger partial charge in [-0.2, -0.15) is 0 Å². The zero-order valence-electron chi connectivity index (χ0n) is 17.2. The maximum atomic E-state index is 4.44. The quantitative estimate of drug-likeness (QED) is 0.281. The van der Waals surface area contributed by atoms with Crippen molar-refractivity contribution in [3.05, 3.63) is 46.6 Å². The first-order valence-electron chi connectivity index (χ1n) is 9.41. The Morgan fingerprint density at radius 1 is 0.826 bits per heavy atom. The monoisotopic (exact) mass is 316 g/mol. The number of allylic oxidation sites excluding steroid dienone is 6. The van der Waals surface area contributed by atoms with Crippen LogP contribution in [0.5, 0.6) is 0 Å². The van der Waals surface area contributed by atoms with Gasteiger partial charge >= 0.3 is 0 Å². The van der Waals surface area contributed by atoms with Crippen molar-refractivity contribution < 1.29 is 0 Å². The van der Waals surface area contributed by atoms with Gasteiger partial charge in [0.1, 0.15) is 0 Å². The molecule has 0 rings (SSSR count). The molecular weight excluding hydrogens is 276 g/mol. The molecule has 0 saturated carbocycles. The van der Waals surface area contributed by atoms with Gasteiger partial charge in [-0.05, 0) is 58.4 Å². The van der Waals surface area contributed by atoms with Gasteiger partial charge in [0.05, 0.1) is 0 Å². The van der Waals surface area contributed by atoms with Gasteiger partial charge in [-0.3, -0.25) is 0 Å². The third-order valence-electron chi connectivity index (χ3n) is 5.71. The number of rotatable bonds is 10. The van der Waals surface area contributed by atoms with Gasteiger partial charge in [-0.1, -0.05) is 82.1 Å². The summed E-state index contributed by atoms with van der Waals surface area (Å²) in [5.74, 6) is 0. The lowest BCUT2D eigenvalue weighted by molar-refractivity contribution is 0.450. The molecule has 0 amide bonds. The van der Waals surface area contributed by atoms with Crippen LogP contribution in [-0.2, 0) is 0 Å². The minimum absolute atomic E-state index is 0.0390. The zero-order chi connectivity index (χ0) is 18.2. The van der Waals surface area contributed by atoms with Crippen molar-refractivity contribution in [2.75, 3.05) is 0 Å². The molecular formula is C23H40. The molecule has 0 fully saturated rings. The van der Waals surface area contributed by atoms with Gasteiger partial charge in [-0.15, -0.1) is 0 Å². The van der Waals surface area contributed by atoms with E-state index in [1.807, 2.05) is 0 Å². The molecule has 0 aromatic heterocycles. The van der Waals surface area contributed by atoms with E-state index >= 15 is 0 Å². The average molecular weight is 317 g/mol. The van der Waals surface area contributed by atoms with Gasteiger partial charge < -0.3 is 0 Å². The number of hydrogen-bond acceptors (Lipinski definition) is 0. The third-order valence-corrected chi connectivity index (χ3v) is 5.71. The van der Waals surface area contributed by atoms with Crippen LogP contribution < -0.4 is 0 Å². The highest BCUT2D eigenvalue weighted by Gasteiger charge is 2.31. The van der Waals surface area contributed by atoms with E-state index in [9.17, 15) is 0 Å². The van der Waals surface area contributed by atoms with Crippen LogP contribution in [-0.4, -0.2) is 0 Å². The Balaban J connectivity index is 6.07. The lowest BCUT2D eigenvalue weighted by Gasteiger charge is -2.36. The highest BCUT2D eigenvalue weighted by Crippen LogP contribution is 2.45. The topological polar surface area (TPSA) is 0 Å². The Labute approximate surface area is 146 Å². The first-order chi connectivity index (χ1) is 10.7. The predicted octanol–water partition coefficient (Wildman–Crippen LogP) is 8.18. The molecule has 23 heavy (non-hydrogen) atoms. The lowest BCUT2D eigenvalue weighted by atomic mass is 9.68. The summed E-state index contributed by atoms with van der Waals surface area (Å²) < 4.78 is 0. The molecule has 0 aliphatic carbocycles. The van der Waals surface area contributed by atoms with E-state index in [0.29, 0.717) is 0 Å². The molecule has 0 heteroatoms. The molecule has 0 aliphatic heterocycles. The van der Waals surface area contributed by atoms with Gasteiger partial charge in [0.25, 0.3) is 0 Å². The van der Waals surface area contributed by atoms with Crippen molar-refractivity contribution in [2.24, 2.45) is 5.41 Å². The van der Waals surface area contributed by atoms with Crippen molar-refractivity contribution >= 4 is 0 Å². The summed E-state index contributed by atoms with van der Waals surface area (Å²) >= 11 is 0. The van der Waals surface area contributed by atoms with Gasteiger partial charge in [0.15, 0.2) is 0 Å². The minimum atomic E-state index is 0.0390. The maximum Gasteiger partial charge on any atom is 0.0130 e. The molecule has 1 unspecified atom stereocenters. The molecule has 0 spiro atoms. The fraction of sp³-hybridized carbons (Fsp3) is 0.652. The lowest BCUT2D eigenvalue weighted by Crippen LogP contribution is -2.23. The van der Waals surface area contributed by atoms with Crippen LogP contribution in [0.25, 0.3) is 0 Å². The summed E-state index contributed by atoms with van der Waals surface area (Å²) in [4.78, 5) is 0. The molecule has 0 N–H and O–H groups in total. The van der Waals surface area contributed by atoms with E-state index in [2.05, 4.69) is 68.5 Å². The average Bonchev–Trinajstić information content (AvgIpc) is 2.55. The Kier molecular flexibility index (Phi) is 9.51.